The Labute approximate surface area is 238 Å². The summed E-state index contributed by atoms with van der Waals surface area (Å²) in [5, 5.41) is 9.73. The van der Waals surface area contributed by atoms with Crippen molar-refractivity contribution in [1.29, 1.82) is 0 Å². The Bertz CT molecular complexity index is 1390. The highest BCUT2D eigenvalue weighted by Crippen LogP contribution is 2.73. The molecule has 5 aliphatic rings. The molecule has 0 unspecified atom stereocenters. The van der Waals surface area contributed by atoms with Crippen molar-refractivity contribution < 1.29 is 9.47 Å². The van der Waals surface area contributed by atoms with E-state index in [1.165, 1.54) is 56.4 Å². The lowest BCUT2D eigenvalue weighted by Gasteiger charge is -2.72. The monoisotopic (exact) mass is 541 g/mol. The quantitative estimate of drug-likeness (QED) is 0.327. The average Bonchev–Trinajstić information content (AvgIpc) is 3.53. The molecule has 0 spiro atoms. The minimum atomic E-state index is 0.490. The highest BCUT2D eigenvalue weighted by atomic mass is 16.5. The van der Waals surface area contributed by atoms with E-state index in [-0.39, 0.29) is 0 Å². The van der Waals surface area contributed by atoms with Gasteiger partial charge in [0.15, 0.2) is 0 Å². The number of methoxy groups -OCH3 is 2. The third-order valence-corrected chi connectivity index (χ3v) is 10.2. The number of likely N-dealkylation sites (tertiary alicyclic amines) is 2. The molecular weight excluding hydrogens is 498 g/mol. The van der Waals surface area contributed by atoms with Gasteiger partial charge in [-0.3, -0.25) is 9.80 Å². The molecule has 4 bridgehead atoms. The molecule has 5 fully saturated rings. The van der Waals surface area contributed by atoms with Gasteiger partial charge in [0.2, 0.25) is 0 Å². The van der Waals surface area contributed by atoms with Gasteiger partial charge in [0, 0.05) is 85.1 Å². The summed E-state index contributed by atoms with van der Waals surface area (Å²) in [5.41, 5.74) is 3.35. The van der Waals surface area contributed by atoms with Crippen LogP contribution in [0.15, 0.2) is 48.7 Å². The highest BCUT2D eigenvalue weighted by Gasteiger charge is 2.68. The number of rotatable bonds is 11. The molecule has 2 saturated heterocycles. The third-order valence-electron chi connectivity index (χ3n) is 10.2. The van der Waals surface area contributed by atoms with Crippen molar-refractivity contribution in [2.24, 2.45) is 10.8 Å². The molecule has 3 aliphatic carbocycles. The fourth-order valence-electron chi connectivity index (χ4n) is 8.59. The van der Waals surface area contributed by atoms with Crippen LogP contribution in [0.25, 0.3) is 10.8 Å². The van der Waals surface area contributed by atoms with Gasteiger partial charge in [-0.05, 0) is 74.6 Å². The average molecular weight is 542 g/mol. The van der Waals surface area contributed by atoms with E-state index >= 15 is 0 Å². The molecule has 212 valence electrons. The van der Waals surface area contributed by atoms with Gasteiger partial charge in [0.25, 0.3) is 0 Å². The Morgan fingerprint density at radius 2 is 1.80 bits per heavy atom. The van der Waals surface area contributed by atoms with Gasteiger partial charge in [-0.2, -0.15) is 0 Å². The summed E-state index contributed by atoms with van der Waals surface area (Å²) in [7, 11) is 3.36. The molecule has 8 rings (SSSR count). The molecule has 2 N–H and O–H groups in total. The zero-order valence-electron chi connectivity index (χ0n) is 24.4. The Morgan fingerprint density at radius 1 is 0.950 bits per heavy atom. The van der Waals surface area contributed by atoms with Crippen molar-refractivity contribution in [3.8, 4) is 11.5 Å². The first kappa shape index (κ1) is 25.9. The lowest BCUT2D eigenvalue weighted by atomic mass is 9.35. The predicted molar refractivity (Wildman–Crippen MR) is 161 cm³/mol. The van der Waals surface area contributed by atoms with E-state index in [9.17, 15) is 0 Å². The smallest absolute Gasteiger partial charge is 0.134 e. The molecule has 3 heterocycles. The number of piperazine rings is 1. The molecule has 1 aromatic heterocycles. The van der Waals surface area contributed by atoms with Crippen LogP contribution >= 0.6 is 0 Å². The first-order chi connectivity index (χ1) is 19.4. The largest absolute Gasteiger partial charge is 0.497 e. The van der Waals surface area contributed by atoms with Gasteiger partial charge in [-0.15, -0.1) is 0 Å². The molecule has 2 aliphatic heterocycles. The van der Waals surface area contributed by atoms with Crippen LogP contribution < -0.4 is 20.1 Å². The molecule has 3 aromatic rings. The number of benzene rings is 2. The minimum absolute atomic E-state index is 0.490. The maximum atomic E-state index is 5.58. The first-order valence-corrected chi connectivity index (χ1v) is 15.0. The van der Waals surface area contributed by atoms with E-state index < -0.39 is 0 Å². The number of hydrogen-bond acceptors (Lipinski definition) is 7. The third kappa shape index (κ3) is 4.38. The van der Waals surface area contributed by atoms with Crippen molar-refractivity contribution in [2.45, 2.75) is 64.2 Å². The Balaban J connectivity index is 0.965. The molecule has 7 heteroatoms. The van der Waals surface area contributed by atoms with Crippen molar-refractivity contribution in [3.05, 3.63) is 54.2 Å². The van der Waals surface area contributed by atoms with Crippen LogP contribution in [0.1, 0.15) is 45.1 Å². The Morgan fingerprint density at radius 3 is 2.52 bits per heavy atom. The van der Waals surface area contributed by atoms with Crippen molar-refractivity contribution in [1.82, 2.24) is 14.8 Å². The molecular formula is C33H43N5O2. The predicted octanol–water partition coefficient (Wildman–Crippen LogP) is 5.61. The van der Waals surface area contributed by atoms with E-state index in [4.69, 9.17) is 9.47 Å². The van der Waals surface area contributed by atoms with E-state index in [1.54, 1.807) is 14.2 Å². The zero-order chi connectivity index (χ0) is 27.5. The fraction of sp³-hybridized carbons (Fsp3) is 0.545. The topological polar surface area (TPSA) is 61.9 Å². The normalized spacial score (nSPS) is 28.9. The zero-order valence-corrected chi connectivity index (χ0v) is 24.4. The van der Waals surface area contributed by atoms with Crippen LogP contribution in [0.3, 0.4) is 0 Å². The van der Waals surface area contributed by atoms with E-state index in [2.05, 4.69) is 63.5 Å². The molecule has 2 atom stereocenters. The Hall–Kier alpha value is -3.03. The summed E-state index contributed by atoms with van der Waals surface area (Å²) < 4.78 is 10.9. The number of ether oxygens (including phenoxy) is 2. The molecule has 0 radical (unpaired) electrons. The van der Waals surface area contributed by atoms with Crippen LogP contribution in [-0.2, 0) is 6.54 Å². The molecule has 3 saturated carbocycles. The van der Waals surface area contributed by atoms with Crippen molar-refractivity contribution in [3.63, 3.8) is 0 Å². The summed E-state index contributed by atoms with van der Waals surface area (Å²) in [6.07, 6.45) is 7.45. The second-order valence-electron chi connectivity index (χ2n) is 13.2. The summed E-state index contributed by atoms with van der Waals surface area (Å²) in [6.45, 7) is 10.3. The van der Waals surface area contributed by atoms with Crippen molar-refractivity contribution >= 4 is 22.3 Å². The molecule has 7 nitrogen and oxygen atoms in total. The Kier molecular flexibility index (Phi) is 6.35. The van der Waals surface area contributed by atoms with Crippen molar-refractivity contribution in [2.75, 3.05) is 51.0 Å². The highest BCUT2D eigenvalue weighted by molar-refractivity contribution is 5.99. The van der Waals surface area contributed by atoms with Gasteiger partial charge >= 0.3 is 0 Å². The summed E-state index contributed by atoms with van der Waals surface area (Å²) in [6, 6.07) is 16.8. The maximum Gasteiger partial charge on any atom is 0.134 e. The maximum absolute atomic E-state index is 5.58. The van der Waals surface area contributed by atoms with Crippen LogP contribution in [0, 0.1) is 10.8 Å². The SMILES string of the molecule is COc1ccc(CNc2nccc3c(NCC45CC(CN6C[C@@H]7C[C@H]6CN7C(C)C)(C4)C5)cccc23)c(OC)c1. The number of fused-ring (bicyclic) bond motifs is 3. The summed E-state index contributed by atoms with van der Waals surface area (Å²) in [5.74, 6) is 2.48. The minimum Gasteiger partial charge on any atom is -0.497 e. The number of pyridine rings is 1. The first-order valence-electron chi connectivity index (χ1n) is 15.0. The summed E-state index contributed by atoms with van der Waals surface area (Å²) >= 11 is 0. The van der Waals surface area contributed by atoms with E-state index in [1.807, 2.05) is 24.4 Å². The number of aromatic nitrogens is 1. The van der Waals surface area contributed by atoms with E-state index in [0.29, 0.717) is 23.4 Å². The van der Waals surface area contributed by atoms with Gasteiger partial charge in [0.1, 0.15) is 17.3 Å². The fourth-order valence-corrected chi connectivity index (χ4v) is 8.59. The van der Waals surface area contributed by atoms with Gasteiger partial charge in [-0.1, -0.05) is 12.1 Å². The number of anilines is 2. The van der Waals surface area contributed by atoms with Gasteiger partial charge in [0.05, 0.1) is 14.2 Å². The lowest BCUT2D eigenvalue weighted by Crippen LogP contribution is -2.68. The standard InChI is InChI=1S/C33H43N5O2/c1-22(2)38-16-24-12-25(38)15-37(24)21-33-17-32(18-33,19-33)20-36-29-7-5-6-28-27(29)10-11-34-31(28)35-14-23-8-9-26(39-3)13-30(23)40-4/h5-11,13,22,24-25,36H,12,14-21H2,1-4H3,(H,34,35)/t24-,25-,32?,33?/m0/s1. The number of nitrogens with zero attached hydrogens (tertiary/aromatic N) is 3. The van der Waals surface area contributed by atoms with Crippen LogP contribution in [0.5, 0.6) is 11.5 Å². The lowest BCUT2D eigenvalue weighted by molar-refractivity contribution is -0.206. The number of nitrogens with one attached hydrogen (secondary N) is 2. The second-order valence-corrected chi connectivity index (χ2v) is 13.2. The molecule has 40 heavy (non-hydrogen) atoms. The van der Waals surface area contributed by atoms with Gasteiger partial charge < -0.3 is 20.1 Å². The van der Waals surface area contributed by atoms with Crippen LogP contribution in [-0.4, -0.2) is 73.3 Å². The van der Waals surface area contributed by atoms with E-state index in [0.717, 1.165) is 46.9 Å². The molecule has 0 amide bonds. The van der Waals surface area contributed by atoms with Crippen LogP contribution in [0.4, 0.5) is 11.5 Å². The second kappa shape index (κ2) is 9.81. The molecule has 2 aromatic carbocycles. The summed E-state index contributed by atoms with van der Waals surface area (Å²) in [4.78, 5) is 10.2. The number of hydrogen-bond donors (Lipinski definition) is 2. The van der Waals surface area contributed by atoms with Crippen LogP contribution in [0.2, 0.25) is 0 Å². The van der Waals surface area contributed by atoms with Gasteiger partial charge in [-0.25, -0.2) is 4.98 Å².